The minimum atomic E-state index is 0.00132. The Morgan fingerprint density at radius 2 is 2.00 bits per heavy atom. The molecule has 1 aliphatic heterocycles. The lowest BCUT2D eigenvalue weighted by molar-refractivity contribution is 0.146. The van der Waals surface area contributed by atoms with E-state index < -0.39 is 0 Å². The first-order valence-corrected chi connectivity index (χ1v) is 11.4. The average molecular weight is 449 g/mol. The van der Waals surface area contributed by atoms with Crippen LogP contribution in [-0.2, 0) is 6.54 Å². The van der Waals surface area contributed by atoms with E-state index in [0.717, 1.165) is 35.8 Å². The highest BCUT2D eigenvalue weighted by atomic mass is 32.1. The number of thiophene rings is 1. The summed E-state index contributed by atoms with van der Waals surface area (Å²) in [4.78, 5) is 25.6. The second-order valence-electron chi connectivity index (χ2n) is 8.00. The molecule has 0 bridgehead atoms. The first-order chi connectivity index (χ1) is 15.7. The van der Waals surface area contributed by atoms with Crippen LogP contribution in [0.2, 0.25) is 0 Å². The van der Waals surface area contributed by atoms with Crippen LogP contribution in [0.5, 0.6) is 5.88 Å². The van der Waals surface area contributed by atoms with Gasteiger partial charge < -0.3 is 10.8 Å². The smallest absolute Gasteiger partial charge is 0.234 e. The zero-order valence-electron chi connectivity index (χ0n) is 17.4. The van der Waals surface area contributed by atoms with Gasteiger partial charge in [0.15, 0.2) is 0 Å². The van der Waals surface area contributed by atoms with Gasteiger partial charge in [-0.15, -0.1) is 11.3 Å². The molecule has 0 radical (unpaired) electrons. The maximum absolute atomic E-state index is 10.2. The summed E-state index contributed by atoms with van der Waals surface area (Å²) in [6.07, 6.45) is 8.01. The summed E-state index contributed by atoms with van der Waals surface area (Å²) in [5, 5.41) is 12.2. The molecule has 0 spiro atoms. The zero-order valence-corrected chi connectivity index (χ0v) is 18.3. The highest BCUT2D eigenvalue weighted by Gasteiger charge is 2.30. The zero-order chi connectivity index (χ0) is 21.9. The van der Waals surface area contributed by atoms with E-state index in [-0.39, 0.29) is 11.8 Å². The molecule has 4 aromatic heterocycles. The Hall–Kier alpha value is -3.21. The molecule has 0 amide bonds. The fourth-order valence-electron chi connectivity index (χ4n) is 4.18. The second kappa shape index (κ2) is 9.11. The summed E-state index contributed by atoms with van der Waals surface area (Å²) < 4.78 is 1.82. The van der Waals surface area contributed by atoms with E-state index in [1.807, 2.05) is 28.3 Å². The number of nitrogens with zero attached hydrogens (tertiary/aromatic N) is 7. The number of piperidine rings is 1. The predicted molar refractivity (Wildman–Crippen MR) is 121 cm³/mol. The van der Waals surface area contributed by atoms with Crippen LogP contribution >= 0.6 is 11.3 Å². The molecule has 2 atom stereocenters. The van der Waals surface area contributed by atoms with Gasteiger partial charge in [0.25, 0.3) is 0 Å². The van der Waals surface area contributed by atoms with E-state index >= 15 is 0 Å². The van der Waals surface area contributed by atoms with E-state index in [0.29, 0.717) is 30.8 Å². The molecular formula is C22H24N8OS. The number of hydrogen-bond donors (Lipinski definition) is 2. The molecule has 10 heteroatoms. The van der Waals surface area contributed by atoms with Crippen molar-refractivity contribution in [1.29, 1.82) is 0 Å². The topological polar surface area (TPSA) is 119 Å². The molecule has 1 fully saturated rings. The van der Waals surface area contributed by atoms with Crippen molar-refractivity contribution in [1.82, 2.24) is 34.4 Å². The lowest BCUT2D eigenvalue weighted by atomic mass is 9.88. The normalized spacial score (nSPS) is 19.3. The Labute approximate surface area is 189 Å². The Bertz CT molecular complexity index is 1160. The van der Waals surface area contributed by atoms with Crippen LogP contribution < -0.4 is 5.73 Å². The van der Waals surface area contributed by atoms with Gasteiger partial charge in [0.1, 0.15) is 12.2 Å². The van der Waals surface area contributed by atoms with Crippen LogP contribution in [-0.4, -0.2) is 59.1 Å². The van der Waals surface area contributed by atoms with E-state index in [4.69, 9.17) is 10.7 Å². The summed E-state index contributed by atoms with van der Waals surface area (Å²) in [7, 11) is 0. The van der Waals surface area contributed by atoms with Crippen LogP contribution in [0.15, 0.2) is 54.6 Å². The average Bonchev–Trinajstić information content (AvgIpc) is 3.52. The number of imidazole rings is 1. The monoisotopic (exact) mass is 448 g/mol. The molecule has 4 aromatic rings. The molecule has 5 heterocycles. The Kier molecular flexibility index (Phi) is 5.89. The largest absolute Gasteiger partial charge is 0.493 e. The van der Waals surface area contributed by atoms with Gasteiger partial charge in [-0.05, 0) is 36.4 Å². The van der Waals surface area contributed by atoms with Gasteiger partial charge in [-0.2, -0.15) is 4.98 Å². The van der Waals surface area contributed by atoms with Crippen molar-refractivity contribution in [2.75, 3.05) is 19.6 Å². The van der Waals surface area contributed by atoms with Crippen molar-refractivity contribution >= 4 is 11.3 Å². The summed E-state index contributed by atoms with van der Waals surface area (Å²) >= 11 is 1.60. The molecular weight excluding hydrogens is 424 g/mol. The number of aromatic hydroxyl groups is 1. The molecule has 3 N–H and O–H groups in total. The molecule has 1 saturated heterocycles. The van der Waals surface area contributed by atoms with Gasteiger partial charge in [0.2, 0.25) is 11.8 Å². The highest BCUT2D eigenvalue weighted by Crippen LogP contribution is 2.32. The maximum Gasteiger partial charge on any atom is 0.234 e. The van der Waals surface area contributed by atoms with E-state index in [1.54, 1.807) is 42.2 Å². The first kappa shape index (κ1) is 20.7. The van der Waals surface area contributed by atoms with Crippen molar-refractivity contribution in [3.05, 3.63) is 66.1 Å². The summed E-state index contributed by atoms with van der Waals surface area (Å²) in [5.74, 6) is 1.67. The van der Waals surface area contributed by atoms with Gasteiger partial charge in [0, 0.05) is 50.2 Å². The fraction of sp³-hybridized carbons (Fsp3) is 0.318. The Morgan fingerprint density at radius 3 is 2.78 bits per heavy atom. The van der Waals surface area contributed by atoms with Crippen LogP contribution in [0.3, 0.4) is 0 Å². The van der Waals surface area contributed by atoms with Crippen molar-refractivity contribution in [2.45, 2.75) is 18.9 Å². The van der Waals surface area contributed by atoms with Crippen LogP contribution in [0.1, 0.15) is 23.9 Å². The molecule has 0 aliphatic carbocycles. The minimum absolute atomic E-state index is 0.00132. The van der Waals surface area contributed by atoms with Crippen molar-refractivity contribution < 1.29 is 5.11 Å². The number of hydrogen-bond acceptors (Lipinski definition) is 9. The number of rotatable bonds is 6. The molecule has 0 aromatic carbocycles. The standard InChI is InChI=1S/C22H24N8OS/c23-9-15-7-16(21-27-18(8-20(31)28-21)19-3-1-6-32-19)11-29(10-15)12-17-13-30(14-26-17)22-24-4-2-5-25-22/h1-6,8,13-16H,7,9-12,23H2,(H,27,28,31). The molecule has 9 nitrogen and oxygen atoms in total. The van der Waals surface area contributed by atoms with Gasteiger partial charge in [-0.1, -0.05) is 6.07 Å². The quantitative estimate of drug-likeness (QED) is 0.462. The molecule has 5 rings (SSSR count). The lowest BCUT2D eigenvalue weighted by Gasteiger charge is -2.36. The van der Waals surface area contributed by atoms with Gasteiger partial charge >= 0.3 is 0 Å². The minimum Gasteiger partial charge on any atom is -0.493 e. The van der Waals surface area contributed by atoms with Crippen molar-refractivity contribution in [3.8, 4) is 22.4 Å². The molecule has 0 saturated carbocycles. The number of likely N-dealkylation sites (tertiary alicyclic amines) is 1. The Morgan fingerprint density at radius 1 is 1.12 bits per heavy atom. The molecule has 1 aliphatic rings. The fourth-order valence-corrected chi connectivity index (χ4v) is 4.87. The third kappa shape index (κ3) is 4.52. The summed E-state index contributed by atoms with van der Waals surface area (Å²) in [6, 6.07) is 7.38. The molecule has 164 valence electrons. The van der Waals surface area contributed by atoms with Crippen molar-refractivity contribution in [2.24, 2.45) is 11.7 Å². The van der Waals surface area contributed by atoms with E-state index in [9.17, 15) is 5.11 Å². The van der Waals surface area contributed by atoms with Crippen LogP contribution in [0.4, 0.5) is 0 Å². The van der Waals surface area contributed by atoms with Gasteiger partial charge in [0.05, 0.1) is 16.3 Å². The number of nitrogens with two attached hydrogens (primary N) is 1. The van der Waals surface area contributed by atoms with Crippen molar-refractivity contribution in [3.63, 3.8) is 0 Å². The lowest BCUT2D eigenvalue weighted by Crippen LogP contribution is -2.42. The summed E-state index contributed by atoms with van der Waals surface area (Å²) in [5.41, 5.74) is 7.76. The third-order valence-electron chi connectivity index (χ3n) is 5.62. The van der Waals surface area contributed by atoms with Gasteiger partial charge in [-0.3, -0.25) is 9.47 Å². The van der Waals surface area contributed by atoms with E-state index in [2.05, 4.69) is 24.8 Å². The van der Waals surface area contributed by atoms with Gasteiger partial charge in [-0.25, -0.2) is 19.9 Å². The first-order valence-electron chi connectivity index (χ1n) is 10.5. The predicted octanol–water partition coefficient (Wildman–Crippen LogP) is 2.45. The third-order valence-corrected chi connectivity index (χ3v) is 6.51. The summed E-state index contributed by atoms with van der Waals surface area (Å²) in [6.45, 7) is 2.94. The van der Waals surface area contributed by atoms with Crippen LogP contribution in [0, 0.1) is 5.92 Å². The highest BCUT2D eigenvalue weighted by molar-refractivity contribution is 7.13. The maximum atomic E-state index is 10.2. The molecule has 2 unspecified atom stereocenters. The SMILES string of the molecule is NCC1CC(c2nc(O)cc(-c3cccs3)n2)CN(Cc2cn(-c3ncccn3)cn2)C1. The second-order valence-corrected chi connectivity index (χ2v) is 8.94. The molecule has 32 heavy (non-hydrogen) atoms. The number of aromatic nitrogens is 6. The van der Waals surface area contributed by atoms with Crippen LogP contribution in [0.25, 0.3) is 16.5 Å². The Balaban J connectivity index is 1.35. The van der Waals surface area contributed by atoms with E-state index in [1.165, 1.54) is 0 Å².